The Morgan fingerprint density at radius 1 is 1.63 bits per heavy atom. The van der Waals surface area contributed by atoms with Crippen LogP contribution in [-0.2, 0) is 0 Å². The number of aryl methyl sites for hydroxylation is 1. The zero-order valence-electron chi connectivity index (χ0n) is 9.86. The summed E-state index contributed by atoms with van der Waals surface area (Å²) in [5, 5.41) is 28.7. The summed E-state index contributed by atoms with van der Waals surface area (Å²) in [5.41, 5.74) is 7.84. The summed E-state index contributed by atoms with van der Waals surface area (Å²) in [5.74, 6) is -1.71. The van der Waals surface area contributed by atoms with Crippen LogP contribution in [0.1, 0.15) is 15.9 Å². The molecule has 0 amide bonds. The summed E-state index contributed by atoms with van der Waals surface area (Å²) in [4.78, 5) is 11.1. The van der Waals surface area contributed by atoms with Gasteiger partial charge < -0.3 is 10.8 Å². The average molecular weight is 280 g/mol. The number of benzene rings is 1. The van der Waals surface area contributed by atoms with Gasteiger partial charge >= 0.3 is 5.97 Å². The highest BCUT2D eigenvalue weighted by molar-refractivity contribution is 6.45. The van der Waals surface area contributed by atoms with Crippen molar-refractivity contribution in [3.05, 3.63) is 28.3 Å². The molecule has 5 N–H and O–H groups in total. The van der Waals surface area contributed by atoms with E-state index in [9.17, 15) is 4.79 Å². The third kappa shape index (κ3) is 3.43. The first-order valence-corrected chi connectivity index (χ1v) is 5.36. The fraction of sp³-hybridized carbons (Fsp3) is 0.0909. The topological polar surface area (TPSA) is 135 Å². The van der Waals surface area contributed by atoms with E-state index in [1.807, 2.05) is 0 Å². The van der Waals surface area contributed by atoms with Crippen LogP contribution in [0.5, 0.6) is 0 Å². The van der Waals surface area contributed by atoms with Gasteiger partial charge in [-0.2, -0.15) is 10.4 Å². The smallest absolute Gasteiger partial charge is 0.337 e. The molecule has 98 valence electrons. The number of hydrogen-bond donors (Lipinski definition) is 4. The number of carbonyl (C=O) groups is 1. The quantitative estimate of drug-likeness (QED) is 0.377. The second-order valence-corrected chi connectivity index (χ2v) is 3.98. The Kier molecular flexibility index (Phi) is 4.45. The summed E-state index contributed by atoms with van der Waals surface area (Å²) in [6, 6.07) is 4.42. The van der Waals surface area contributed by atoms with Crippen LogP contribution in [0.4, 0.5) is 5.69 Å². The molecule has 0 unspecified atom stereocenters. The number of aromatic carboxylic acids is 1. The van der Waals surface area contributed by atoms with Gasteiger partial charge in [0.2, 0.25) is 5.71 Å². The number of carboxylic acids is 1. The largest absolute Gasteiger partial charge is 0.478 e. The van der Waals surface area contributed by atoms with Crippen LogP contribution < -0.4 is 11.2 Å². The second kappa shape index (κ2) is 5.84. The molecule has 1 aromatic rings. The highest BCUT2D eigenvalue weighted by atomic mass is 35.5. The predicted molar refractivity (Wildman–Crippen MR) is 71.7 cm³/mol. The van der Waals surface area contributed by atoms with Crippen molar-refractivity contribution in [1.82, 2.24) is 0 Å². The van der Waals surface area contributed by atoms with E-state index < -0.39 is 11.8 Å². The van der Waals surface area contributed by atoms with Gasteiger partial charge in [-0.1, -0.05) is 11.6 Å². The van der Waals surface area contributed by atoms with E-state index in [0.29, 0.717) is 5.56 Å². The molecule has 0 fully saturated rings. The maximum absolute atomic E-state index is 11.1. The number of nitrogens with one attached hydrogen (secondary N) is 2. The van der Waals surface area contributed by atoms with Crippen molar-refractivity contribution in [2.24, 2.45) is 10.8 Å². The molecule has 0 aromatic heterocycles. The molecule has 0 aliphatic carbocycles. The Balaban J connectivity index is 3.25. The monoisotopic (exact) mass is 279 g/mol. The molecular formula is C11H10ClN5O2. The van der Waals surface area contributed by atoms with Gasteiger partial charge in [0, 0.05) is 5.02 Å². The molecule has 1 rings (SSSR count). The standard InChI is InChI=1S/C11H10ClN5O2/c1-5-2-6(12)3-7(11(18)19)9(5)17-16-8(4-13)10(14)15/h2-3,17H,1H3,(H3,14,15)(H,18,19)/b16-8+. The molecule has 0 heterocycles. The van der Waals surface area contributed by atoms with Gasteiger partial charge in [-0.3, -0.25) is 10.8 Å². The normalized spacial score (nSPS) is 10.7. The second-order valence-electron chi connectivity index (χ2n) is 3.55. The molecule has 1 aromatic carbocycles. The molecule has 8 heteroatoms. The first-order chi connectivity index (χ1) is 8.86. The minimum Gasteiger partial charge on any atom is -0.478 e. The van der Waals surface area contributed by atoms with Crippen LogP contribution in [0.25, 0.3) is 0 Å². The Morgan fingerprint density at radius 2 is 2.26 bits per heavy atom. The third-order valence-electron chi connectivity index (χ3n) is 2.17. The van der Waals surface area contributed by atoms with Crippen molar-refractivity contribution in [3.8, 4) is 6.07 Å². The number of nitrogens with two attached hydrogens (primary N) is 1. The lowest BCUT2D eigenvalue weighted by molar-refractivity contribution is 0.0698. The van der Waals surface area contributed by atoms with Gasteiger partial charge in [0.05, 0.1) is 11.3 Å². The predicted octanol–water partition coefficient (Wildman–Crippen LogP) is 1.57. The van der Waals surface area contributed by atoms with Crippen LogP contribution in [-0.4, -0.2) is 22.6 Å². The summed E-state index contributed by atoms with van der Waals surface area (Å²) < 4.78 is 0. The molecule has 19 heavy (non-hydrogen) atoms. The van der Waals surface area contributed by atoms with Crippen LogP contribution in [0.2, 0.25) is 5.02 Å². The number of anilines is 1. The summed E-state index contributed by atoms with van der Waals surface area (Å²) in [6.07, 6.45) is 0. The average Bonchev–Trinajstić information content (AvgIpc) is 2.30. The Hall–Kier alpha value is -2.59. The molecule has 0 atom stereocenters. The van der Waals surface area contributed by atoms with E-state index in [4.69, 9.17) is 33.1 Å². The number of nitriles is 1. The highest BCUT2D eigenvalue weighted by Gasteiger charge is 2.14. The molecule has 0 aliphatic rings. The highest BCUT2D eigenvalue weighted by Crippen LogP contribution is 2.25. The fourth-order valence-electron chi connectivity index (χ4n) is 1.32. The molecule has 0 spiro atoms. The van der Waals surface area contributed by atoms with Crippen molar-refractivity contribution in [1.29, 1.82) is 10.7 Å². The fourth-order valence-corrected chi connectivity index (χ4v) is 1.59. The molecule has 0 bridgehead atoms. The maximum Gasteiger partial charge on any atom is 0.337 e. The van der Waals surface area contributed by atoms with Crippen LogP contribution >= 0.6 is 11.6 Å². The van der Waals surface area contributed by atoms with Crippen LogP contribution in [0, 0.1) is 23.7 Å². The number of amidine groups is 1. The number of hydrogen-bond acceptors (Lipinski definition) is 5. The van der Waals surface area contributed by atoms with Gasteiger partial charge in [0.25, 0.3) is 0 Å². The van der Waals surface area contributed by atoms with E-state index >= 15 is 0 Å². The molecule has 7 nitrogen and oxygen atoms in total. The number of rotatable bonds is 4. The van der Waals surface area contributed by atoms with E-state index in [-0.39, 0.29) is 22.0 Å². The van der Waals surface area contributed by atoms with Gasteiger partial charge in [-0.05, 0) is 24.6 Å². The summed E-state index contributed by atoms with van der Waals surface area (Å²) >= 11 is 5.77. The summed E-state index contributed by atoms with van der Waals surface area (Å²) in [7, 11) is 0. The van der Waals surface area contributed by atoms with Gasteiger partial charge in [-0.25, -0.2) is 4.79 Å². The molecule has 0 radical (unpaired) electrons. The molecule has 0 aliphatic heterocycles. The van der Waals surface area contributed by atoms with Crippen molar-refractivity contribution < 1.29 is 9.90 Å². The Morgan fingerprint density at radius 3 is 2.74 bits per heavy atom. The molecule has 0 saturated heterocycles. The zero-order chi connectivity index (χ0) is 14.6. The van der Waals surface area contributed by atoms with Crippen molar-refractivity contribution in [2.45, 2.75) is 6.92 Å². The lowest BCUT2D eigenvalue weighted by Gasteiger charge is -2.10. The van der Waals surface area contributed by atoms with Crippen molar-refractivity contribution >= 4 is 34.8 Å². The van der Waals surface area contributed by atoms with Gasteiger partial charge in [0.15, 0.2) is 5.84 Å². The number of hydrazone groups is 1. The number of nitrogens with zero attached hydrogens (tertiary/aromatic N) is 2. The summed E-state index contributed by atoms with van der Waals surface area (Å²) in [6.45, 7) is 1.63. The number of halogens is 1. The van der Waals surface area contributed by atoms with Gasteiger partial charge in [-0.15, -0.1) is 0 Å². The van der Waals surface area contributed by atoms with Crippen LogP contribution in [0.15, 0.2) is 17.2 Å². The lowest BCUT2D eigenvalue weighted by Crippen LogP contribution is -2.22. The Labute approximate surface area is 113 Å². The van der Waals surface area contributed by atoms with E-state index in [1.165, 1.54) is 6.07 Å². The zero-order valence-corrected chi connectivity index (χ0v) is 10.6. The Bertz CT molecular complexity index is 618. The van der Waals surface area contributed by atoms with Crippen molar-refractivity contribution in [3.63, 3.8) is 0 Å². The third-order valence-corrected chi connectivity index (χ3v) is 2.39. The lowest BCUT2D eigenvalue weighted by atomic mass is 10.1. The molecule has 0 saturated carbocycles. The van der Waals surface area contributed by atoms with E-state index in [0.717, 1.165) is 0 Å². The SMILES string of the molecule is Cc1cc(Cl)cc(C(=O)O)c1N/N=C(\C#N)C(=N)N. The van der Waals surface area contributed by atoms with Crippen molar-refractivity contribution in [2.75, 3.05) is 5.43 Å². The maximum atomic E-state index is 11.1. The first-order valence-electron chi connectivity index (χ1n) is 4.98. The minimum atomic E-state index is -1.19. The minimum absolute atomic E-state index is 0.0883. The van der Waals surface area contributed by atoms with Crippen LogP contribution in [0.3, 0.4) is 0 Å². The van der Waals surface area contributed by atoms with E-state index in [2.05, 4.69) is 10.5 Å². The van der Waals surface area contributed by atoms with E-state index in [1.54, 1.807) is 19.1 Å². The van der Waals surface area contributed by atoms with Gasteiger partial charge in [0.1, 0.15) is 6.07 Å². The first kappa shape index (κ1) is 14.5. The number of carboxylic acid groups (broad SMARTS) is 1. The molecular weight excluding hydrogens is 270 g/mol.